The highest BCUT2D eigenvalue weighted by atomic mass is 16.5. The summed E-state index contributed by atoms with van der Waals surface area (Å²) in [6.45, 7) is 1.61. The average molecular weight is 352 g/mol. The van der Waals surface area contributed by atoms with E-state index >= 15 is 0 Å². The van der Waals surface area contributed by atoms with E-state index in [4.69, 9.17) is 4.74 Å². The van der Waals surface area contributed by atoms with Gasteiger partial charge in [0.25, 0.3) is 0 Å². The molecule has 1 aliphatic rings. The maximum Gasteiger partial charge on any atom is 0.336 e. The molecule has 0 spiro atoms. The second-order valence-electron chi connectivity index (χ2n) is 6.74. The zero-order valence-corrected chi connectivity index (χ0v) is 15.2. The van der Waals surface area contributed by atoms with Crippen LogP contribution in [-0.2, 0) is 11.2 Å². The summed E-state index contributed by atoms with van der Waals surface area (Å²) in [4.78, 5) is 18.0. The van der Waals surface area contributed by atoms with Crippen LogP contribution in [0.3, 0.4) is 0 Å². The molecule has 1 aromatic carbocycles. The van der Waals surface area contributed by atoms with Gasteiger partial charge in [0.1, 0.15) is 6.10 Å². The summed E-state index contributed by atoms with van der Waals surface area (Å²) in [7, 11) is 4.09. The molecule has 0 fully saturated rings. The molecule has 0 amide bonds. The first-order valence-electron chi connectivity index (χ1n) is 8.79. The lowest BCUT2D eigenvalue weighted by Crippen LogP contribution is -2.16. The minimum atomic E-state index is -0.915. The van der Waals surface area contributed by atoms with E-state index in [9.17, 15) is 9.90 Å². The molecule has 136 valence electrons. The largest absolute Gasteiger partial charge is 0.478 e. The molecule has 0 radical (unpaired) electrons. The van der Waals surface area contributed by atoms with Crippen molar-refractivity contribution in [2.45, 2.75) is 18.9 Å². The number of pyridine rings is 1. The maximum atomic E-state index is 11.5. The van der Waals surface area contributed by atoms with Crippen molar-refractivity contribution in [3.8, 4) is 0 Å². The molecule has 1 aliphatic carbocycles. The Morgan fingerprint density at radius 2 is 2.04 bits per heavy atom. The number of ether oxygens (including phenoxy) is 1. The van der Waals surface area contributed by atoms with Gasteiger partial charge in [0, 0.05) is 12.8 Å². The Balaban J connectivity index is 1.82. The summed E-state index contributed by atoms with van der Waals surface area (Å²) < 4.78 is 6.22. The van der Waals surface area contributed by atoms with E-state index < -0.39 is 5.97 Å². The summed E-state index contributed by atoms with van der Waals surface area (Å²) in [6, 6.07) is 11.6. The summed E-state index contributed by atoms with van der Waals surface area (Å²) in [5.74, 6) is -0.915. The standard InChI is InChI=1S/C21H24N2O3/c1-23(2)11-6-12-26-20(15-7-4-3-5-8-15)16-13-18-17(21(24)25)9-10-22-19(18)14-16/h3-5,7-10,14,20H,6,11-13H2,1-2H3,(H,24,25). The minimum Gasteiger partial charge on any atom is -0.478 e. The Hall–Kier alpha value is -2.50. The topological polar surface area (TPSA) is 62.7 Å². The molecule has 5 nitrogen and oxygen atoms in total. The molecule has 1 atom stereocenters. The van der Waals surface area contributed by atoms with Crippen molar-refractivity contribution in [2.24, 2.45) is 0 Å². The molecule has 5 heteroatoms. The molecule has 1 N–H and O–H groups in total. The predicted octanol–water partition coefficient (Wildman–Crippen LogP) is 3.43. The predicted molar refractivity (Wildman–Crippen MR) is 101 cm³/mol. The lowest BCUT2D eigenvalue weighted by Gasteiger charge is -2.21. The third-order valence-corrected chi connectivity index (χ3v) is 4.50. The van der Waals surface area contributed by atoms with Crippen LogP contribution >= 0.6 is 0 Å². The summed E-state index contributed by atoms with van der Waals surface area (Å²) in [5, 5.41) is 9.43. The highest BCUT2D eigenvalue weighted by Gasteiger charge is 2.26. The fourth-order valence-electron chi connectivity index (χ4n) is 3.25. The van der Waals surface area contributed by atoms with E-state index in [0.717, 1.165) is 35.4 Å². The van der Waals surface area contributed by atoms with Crippen LogP contribution in [0.25, 0.3) is 6.08 Å². The molecule has 2 aromatic rings. The number of fused-ring (bicyclic) bond motifs is 1. The van der Waals surface area contributed by atoms with E-state index in [1.54, 1.807) is 12.3 Å². The summed E-state index contributed by atoms with van der Waals surface area (Å²) in [6.07, 6.45) is 4.84. The first-order valence-corrected chi connectivity index (χ1v) is 8.79. The molecule has 1 aromatic heterocycles. The van der Waals surface area contributed by atoms with Crippen LogP contribution in [0.15, 0.2) is 48.2 Å². The van der Waals surface area contributed by atoms with Crippen LogP contribution < -0.4 is 0 Å². The molecular weight excluding hydrogens is 328 g/mol. The third kappa shape index (κ3) is 4.18. The average Bonchev–Trinajstić information content (AvgIpc) is 3.05. The number of hydrogen-bond donors (Lipinski definition) is 1. The van der Waals surface area contributed by atoms with Crippen LogP contribution in [0, 0.1) is 0 Å². The Kier molecular flexibility index (Phi) is 5.81. The Morgan fingerprint density at radius 3 is 2.73 bits per heavy atom. The fraction of sp³-hybridized carbons (Fsp3) is 0.333. The first-order chi connectivity index (χ1) is 12.6. The van der Waals surface area contributed by atoms with Gasteiger partial charge < -0.3 is 14.7 Å². The molecule has 0 bridgehead atoms. The van der Waals surface area contributed by atoms with Crippen molar-refractivity contribution in [1.29, 1.82) is 0 Å². The maximum absolute atomic E-state index is 11.5. The lowest BCUT2D eigenvalue weighted by atomic mass is 9.98. The number of carboxylic acids is 1. The molecule has 26 heavy (non-hydrogen) atoms. The summed E-state index contributed by atoms with van der Waals surface area (Å²) >= 11 is 0. The van der Waals surface area contributed by atoms with Gasteiger partial charge in [0.15, 0.2) is 0 Å². The number of carboxylic acid groups (broad SMARTS) is 1. The second kappa shape index (κ2) is 8.25. The van der Waals surface area contributed by atoms with Crippen LogP contribution in [0.4, 0.5) is 0 Å². The van der Waals surface area contributed by atoms with Gasteiger partial charge in [-0.1, -0.05) is 30.3 Å². The van der Waals surface area contributed by atoms with Gasteiger partial charge in [0.05, 0.1) is 11.3 Å². The Labute approximate surface area is 153 Å². The molecular formula is C21H24N2O3. The SMILES string of the molecule is CN(C)CCCOC(C1=Cc2nccc(C(=O)O)c2C1)c1ccccc1. The quantitative estimate of drug-likeness (QED) is 0.738. The van der Waals surface area contributed by atoms with E-state index in [2.05, 4.69) is 9.88 Å². The zero-order valence-electron chi connectivity index (χ0n) is 15.2. The van der Waals surface area contributed by atoms with Gasteiger partial charge >= 0.3 is 5.97 Å². The van der Waals surface area contributed by atoms with Crippen molar-refractivity contribution < 1.29 is 14.6 Å². The first kappa shape index (κ1) is 18.3. The van der Waals surface area contributed by atoms with Crippen LogP contribution in [0.5, 0.6) is 0 Å². The van der Waals surface area contributed by atoms with E-state index in [1.165, 1.54) is 0 Å². The number of hydrogen-bond acceptors (Lipinski definition) is 4. The normalized spacial score (nSPS) is 14.2. The number of benzene rings is 1. The molecule has 0 saturated carbocycles. The van der Waals surface area contributed by atoms with E-state index in [-0.39, 0.29) is 6.10 Å². The van der Waals surface area contributed by atoms with Crippen LogP contribution in [0.1, 0.15) is 39.7 Å². The number of aromatic carboxylic acids is 1. The van der Waals surface area contributed by atoms with Gasteiger partial charge in [-0.05, 0) is 62.3 Å². The molecule has 0 saturated heterocycles. The Morgan fingerprint density at radius 1 is 1.27 bits per heavy atom. The number of nitrogens with zero attached hydrogens (tertiary/aromatic N) is 2. The van der Waals surface area contributed by atoms with E-state index in [0.29, 0.717) is 18.6 Å². The highest BCUT2D eigenvalue weighted by molar-refractivity contribution is 5.91. The second-order valence-corrected chi connectivity index (χ2v) is 6.74. The lowest BCUT2D eigenvalue weighted by molar-refractivity contribution is 0.0688. The van der Waals surface area contributed by atoms with Crippen molar-refractivity contribution in [2.75, 3.05) is 27.2 Å². The van der Waals surface area contributed by atoms with Crippen LogP contribution in [0.2, 0.25) is 0 Å². The number of aromatic nitrogens is 1. The zero-order chi connectivity index (χ0) is 18.5. The monoisotopic (exact) mass is 352 g/mol. The van der Waals surface area contributed by atoms with Crippen molar-refractivity contribution in [3.63, 3.8) is 0 Å². The van der Waals surface area contributed by atoms with Crippen molar-refractivity contribution in [1.82, 2.24) is 9.88 Å². The fourth-order valence-corrected chi connectivity index (χ4v) is 3.25. The third-order valence-electron chi connectivity index (χ3n) is 4.50. The minimum absolute atomic E-state index is 0.186. The number of rotatable bonds is 8. The van der Waals surface area contributed by atoms with Crippen molar-refractivity contribution in [3.05, 3.63) is 70.6 Å². The molecule has 1 unspecified atom stereocenters. The van der Waals surface area contributed by atoms with Crippen molar-refractivity contribution >= 4 is 12.0 Å². The molecule has 1 heterocycles. The molecule has 0 aliphatic heterocycles. The van der Waals surface area contributed by atoms with Gasteiger partial charge in [-0.15, -0.1) is 0 Å². The van der Waals surface area contributed by atoms with Gasteiger partial charge in [-0.25, -0.2) is 4.79 Å². The number of carbonyl (C=O) groups is 1. The van der Waals surface area contributed by atoms with Gasteiger partial charge in [-0.2, -0.15) is 0 Å². The highest BCUT2D eigenvalue weighted by Crippen LogP contribution is 2.36. The smallest absolute Gasteiger partial charge is 0.336 e. The van der Waals surface area contributed by atoms with Gasteiger partial charge in [-0.3, -0.25) is 4.98 Å². The van der Waals surface area contributed by atoms with E-state index in [1.807, 2.05) is 50.5 Å². The van der Waals surface area contributed by atoms with Crippen LogP contribution in [-0.4, -0.2) is 48.2 Å². The summed E-state index contributed by atoms with van der Waals surface area (Å²) in [5.41, 5.74) is 3.96. The molecule has 3 rings (SSSR count). The van der Waals surface area contributed by atoms with Gasteiger partial charge in [0.2, 0.25) is 0 Å². The Bertz CT molecular complexity index is 800.